The van der Waals surface area contributed by atoms with Crippen LogP contribution >= 0.6 is 11.9 Å². The topological polar surface area (TPSA) is 121 Å². The molecule has 1 amide bonds. The van der Waals surface area contributed by atoms with Crippen LogP contribution in [-0.2, 0) is 21.2 Å². The van der Waals surface area contributed by atoms with Gasteiger partial charge in [-0.05, 0) is 43.2 Å². The van der Waals surface area contributed by atoms with E-state index < -0.39 is 15.7 Å². The number of sulfone groups is 1. The number of amides is 1. The summed E-state index contributed by atoms with van der Waals surface area (Å²) < 4.78 is 39.6. The largest absolute Gasteiger partial charge is 0.490 e. The van der Waals surface area contributed by atoms with Crippen molar-refractivity contribution in [3.8, 4) is 11.5 Å². The van der Waals surface area contributed by atoms with Crippen molar-refractivity contribution in [1.82, 2.24) is 4.90 Å². The number of amidine groups is 3. The lowest BCUT2D eigenvalue weighted by atomic mass is 10.1. The van der Waals surface area contributed by atoms with Crippen molar-refractivity contribution in [2.24, 2.45) is 9.39 Å². The smallest absolute Gasteiger partial charge is 0.283 e. The zero-order chi connectivity index (χ0) is 24.5. The van der Waals surface area contributed by atoms with Gasteiger partial charge < -0.3 is 9.47 Å². The molecule has 2 heterocycles. The summed E-state index contributed by atoms with van der Waals surface area (Å²) in [6, 6.07) is 13.2. The van der Waals surface area contributed by atoms with E-state index in [1.54, 1.807) is 18.2 Å². The molecule has 0 atom stereocenters. The first kappa shape index (κ1) is 23.7. The third kappa shape index (κ3) is 4.90. The van der Waals surface area contributed by atoms with Gasteiger partial charge in [-0.2, -0.15) is 9.39 Å². The van der Waals surface area contributed by atoms with Crippen LogP contribution < -0.4 is 9.47 Å². The van der Waals surface area contributed by atoms with Crippen LogP contribution in [0.25, 0.3) is 6.08 Å². The highest BCUT2D eigenvalue weighted by Crippen LogP contribution is 2.32. The molecule has 2 aromatic rings. The molecule has 0 saturated heterocycles. The van der Waals surface area contributed by atoms with Gasteiger partial charge in [0.2, 0.25) is 20.2 Å². The average Bonchev–Trinajstić information content (AvgIpc) is 3.21. The van der Waals surface area contributed by atoms with Gasteiger partial charge in [-0.25, -0.2) is 13.3 Å². The molecule has 2 aliphatic rings. The zero-order valence-corrected chi connectivity index (χ0v) is 20.4. The maximum Gasteiger partial charge on any atom is 0.283 e. The molecule has 176 valence electrons. The molecule has 34 heavy (non-hydrogen) atoms. The Labute approximate surface area is 201 Å². The van der Waals surface area contributed by atoms with Crippen LogP contribution in [0, 0.1) is 12.3 Å². The fourth-order valence-electron chi connectivity index (χ4n) is 3.37. The van der Waals surface area contributed by atoms with E-state index in [0.717, 1.165) is 34.2 Å². The number of carbonyl (C=O) groups excluding carboxylic acids is 1. The van der Waals surface area contributed by atoms with Crippen molar-refractivity contribution < 1.29 is 22.7 Å². The van der Waals surface area contributed by atoms with Crippen LogP contribution in [0.15, 0.2) is 57.4 Å². The zero-order valence-electron chi connectivity index (χ0n) is 18.7. The standard InChI is InChI=1S/C23H22N4O5S2/c1-4-31-19-12-15(8-9-18(19)32-13-16-7-5-6-14(2)10-16)11-17-20(24)27-22(25-21(17)28)33-26-23(27)34(3,29)30/h5-12,24H,4,13H2,1-3H3/b17-11-,24-20?. The first-order valence-corrected chi connectivity index (χ1v) is 13.0. The van der Waals surface area contributed by atoms with Gasteiger partial charge in [0, 0.05) is 6.26 Å². The molecule has 0 bridgehead atoms. The third-order valence-corrected chi connectivity index (χ3v) is 6.64. The number of benzene rings is 2. The maximum absolute atomic E-state index is 12.6. The molecular weight excluding hydrogens is 476 g/mol. The predicted octanol–water partition coefficient (Wildman–Crippen LogP) is 3.59. The highest BCUT2D eigenvalue weighted by Gasteiger charge is 2.41. The quantitative estimate of drug-likeness (QED) is 0.477. The van der Waals surface area contributed by atoms with Crippen LogP contribution in [0.2, 0.25) is 0 Å². The van der Waals surface area contributed by atoms with E-state index in [0.29, 0.717) is 30.3 Å². The van der Waals surface area contributed by atoms with E-state index in [4.69, 9.17) is 14.9 Å². The van der Waals surface area contributed by atoms with E-state index in [2.05, 4.69) is 9.39 Å². The van der Waals surface area contributed by atoms with Crippen molar-refractivity contribution >= 4 is 49.9 Å². The second-order valence-corrected chi connectivity index (χ2v) is 10.2. The number of aliphatic imine (C=N–C) groups is 1. The molecule has 0 aliphatic carbocycles. The minimum Gasteiger partial charge on any atom is -0.490 e. The lowest BCUT2D eigenvalue weighted by molar-refractivity contribution is -0.114. The lowest BCUT2D eigenvalue weighted by Gasteiger charge is -2.23. The first-order valence-electron chi connectivity index (χ1n) is 10.3. The van der Waals surface area contributed by atoms with Crippen molar-refractivity contribution in [3.05, 3.63) is 64.7 Å². The normalized spacial score (nSPS) is 16.9. The SMILES string of the molecule is CCOc1cc(/C=C2/C(=N)N3C(=NC2=O)SN=C3S(C)(=O)=O)ccc1OCc1cccc(C)c1. The van der Waals surface area contributed by atoms with Crippen molar-refractivity contribution in [1.29, 1.82) is 5.41 Å². The van der Waals surface area contributed by atoms with Gasteiger partial charge in [-0.3, -0.25) is 10.2 Å². The minimum atomic E-state index is -3.71. The molecule has 0 saturated carbocycles. The summed E-state index contributed by atoms with van der Waals surface area (Å²) in [5.41, 5.74) is 2.68. The number of ether oxygens (including phenoxy) is 2. The third-order valence-electron chi connectivity index (χ3n) is 4.88. The number of aryl methyl sites for hydroxylation is 1. The Kier molecular flexibility index (Phi) is 6.58. The number of nitrogens with zero attached hydrogens (tertiary/aromatic N) is 3. The van der Waals surface area contributed by atoms with E-state index in [-0.39, 0.29) is 21.7 Å². The molecule has 0 aromatic heterocycles. The molecule has 0 fully saturated rings. The summed E-state index contributed by atoms with van der Waals surface area (Å²) in [6.07, 6.45) is 2.47. The van der Waals surface area contributed by atoms with Gasteiger partial charge in [0.1, 0.15) is 12.4 Å². The Hall–Kier alpha value is -3.44. The number of rotatable bonds is 6. The number of hydrogen-bond donors (Lipinski definition) is 1. The van der Waals surface area contributed by atoms with Crippen molar-refractivity contribution in [3.63, 3.8) is 0 Å². The first-order chi connectivity index (χ1) is 16.2. The molecule has 0 radical (unpaired) electrons. The van der Waals surface area contributed by atoms with Gasteiger partial charge in [0.05, 0.1) is 24.1 Å². The highest BCUT2D eigenvalue weighted by atomic mass is 32.2. The van der Waals surface area contributed by atoms with Crippen LogP contribution in [0.5, 0.6) is 11.5 Å². The Morgan fingerprint density at radius 2 is 1.94 bits per heavy atom. The predicted molar refractivity (Wildman–Crippen MR) is 133 cm³/mol. The Balaban J connectivity index is 1.62. The second-order valence-electron chi connectivity index (χ2n) is 7.60. The Morgan fingerprint density at radius 3 is 2.65 bits per heavy atom. The van der Waals surface area contributed by atoms with Crippen molar-refractivity contribution in [2.75, 3.05) is 12.9 Å². The second kappa shape index (κ2) is 9.43. The van der Waals surface area contributed by atoms with E-state index in [1.165, 1.54) is 6.08 Å². The van der Waals surface area contributed by atoms with E-state index in [1.807, 2.05) is 38.1 Å². The van der Waals surface area contributed by atoms with Gasteiger partial charge in [-0.1, -0.05) is 35.9 Å². The van der Waals surface area contributed by atoms with E-state index in [9.17, 15) is 13.2 Å². The summed E-state index contributed by atoms with van der Waals surface area (Å²) in [4.78, 5) is 17.6. The summed E-state index contributed by atoms with van der Waals surface area (Å²) >= 11 is 0.752. The highest BCUT2D eigenvalue weighted by molar-refractivity contribution is 8.16. The van der Waals surface area contributed by atoms with E-state index >= 15 is 0 Å². The molecule has 2 aliphatic heterocycles. The molecular formula is C23H22N4O5S2. The summed E-state index contributed by atoms with van der Waals surface area (Å²) in [7, 11) is -3.71. The summed E-state index contributed by atoms with van der Waals surface area (Å²) in [5, 5.41) is 8.18. The molecule has 0 unspecified atom stereocenters. The molecule has 4 rings (SSSR count). The van der Waals surface area contributed by atoms with Crippen LogP contribution in [0.3, 0.4) is 0 Å². The van der Waals surface area contributed by atoms with Crippen LogP contribution in [0.4, 0.5) is 0 Å². The van der Waals surface area contributed by atoms with Gasteiger partial charge in [-0.15, -0.1) is 0 Å². The van der Waals surface area contributed by atoms with Gasteiger partial charge in [0.15, 0.2) is 11.5 Å². The number of hydrogen-bond acceptors (Lipinski definition) is 8. The molecule has 2 aromatic carbocycles. The Morgan fingerprint density at radius 1 is 1.15 bits per heavy atom. The van der Waals surface area contributed by atoms with Crippen LogP contribution in [0.1, 0.15) is 23.6 Å². The van der Waals surface area contributed by atoms with Crippen molar-refractivity contribution in [2.45, 2.75) is 20.5 Å². The fraction of sp³-hybridized carbons (Fsp3) is 0.217. The fourth-order valence-corrected chi connectivity index (χ4v) is 5.21. The number of fused-ring (bicyclic) bond motifs is 1. The summed E-state index contributed by atoms with van der Waals surface area (Å²) in [6.45, 7) is 4.63. The minimum absolute atomic E-state index is 0.0440. The van der Waals surface area contributed by atoms with Gasteiger partial charge in [0.25, 0.3) is 5.91 Å². The van der Waals surface area contributed by atoms with Crippen LogP contribution in [-0.4, -0.2) is 48.3 Å². The number of carbonyl (C=O) groups is 1. The van der Waals surface area contributed by atoms with Gasteiger partial charge >= 0.3 is 0 Å². The lowest BCUT2D eigenvalue weighted by Crippen LogP contribution is -2.45. The summed E-state index contributed by atoms with van der Waals surface area (Å²) in [5.74, 6) is 0.0743. The number of nitrogens with one attached hydrogen (secondary N) is 1. The molecule has 11 heteroatoms. The molecule has 0 spiro atoms. The monoisotopic (exact) mass is 498 g/mol. The molecule has 9 nitrogen and oxygen atoms in total. The molecule has 1 N–H and O–H groups in total. The maximum atomic E-state index is 12.6. The average molecular weight is 499 g/mol. The Bertz CT molecular complexity index is 1380.